The molecule has 0 unspecified atom stereocenters. The summed E-state index contributed by atoms with van der Waals surface area (Å²) in [4.78, 5) is 13.8. The number of halogens is 7. The fourth-order valence-corrected chi connectivity index (χ4v) is 2.32. The maximum atomic E-state index is 11.4. The number of carbonyl (C=O) groups is 1. The number of nitrogens with zero attached hydrogens (tertiary/aromatic N) is 1. The van der Waals surface area contributed by atoms with Crippen LogP contribution in [-0.4, -0.2) is 22.9 Å². The average Bonchev–Trinajstić information content (AvgIpc) is 2.32. The molecular formula is C9H4Cl7NO3. The Hall–Kier alpha value is 0.450. The molecule has 0 aliphatic carbocycles. The summed E-state index contributed by atoms with van der Waals surface area (Å²) in [7, 11) is 1.27. The van der Waals surface area contributed by atoms with Crippen LogP contribution in [0.25, 0.3) is 0 Å². The highest BCUT2D eigenvalue weighted by Gasteiger charge is 2.34. The van der Waals surface area contributed by atoms with Crippen LogP contribution in [0.2, 0.25) is 10.0 Å². The van der Waals surface area contributed by atoms with Gasteiger partial charge in [-0.25, -0.2) is 9.78 Å². The number of pyridine rings is 1. The van der Waals surface area contributed by atoms with E-state index in [1.807, 2.05) is 0 Å². The van der Waals surface area contributed by atoms with Gasteiger partial charge in [-0.05, 0) is 0 Å². The number of methoxy groups -OCH3 is 1. The second-order valence-corrected chi connectivity index (χ2v) is 7.28. The Morgan fingerprint density at radius 1 is 1.20 bits per heavy atom. The Kier molecular flexibility index (Phi) is 6.60. The second-order valence-electron chi connectivity index (χ2n) is 3.15. The Labute approximate surface area is 149 Å². The zero-order chi connectivity index (χ0) is 15.7. The topological polar surface area (TPSA) is 48.4 Å². The molecule has 0 aliphatic heterocycles. The molecule has 1 heterocycles. The molecule has 4 nitrogen and oxygen atoms in total. The van der Waals surface area contributed by atoms with E-state index >= 15 is 0 Å². The maximum absolute atomic E-state index is 11.4. The molecule has 0 aromatic carbocycles. The van der Waals surface area contributed by atoms with Crippen LogP contribution in [0, 0.1) is 0 Å². The number of hydrogen-bond donors (Lipinski definition) is 0. The standard InChI is InChI=1S/C9H4Cl7NO3/c1-19-7-3(11)4(20-8(18)6(12)13)2(10)5(17-7)9(14,15)16/h6H,1H3. The number of ether oxygens (including phenoxy) is 2. The van der Waals surface area contributed by atoms with Gasteiger partial charge in [0.2, 0.25) is 14.5 Å². The second kappa shape index (κ2) is 7.14. The fraction of sp³-hybridized carbons (Fsp3) is 0.333. The fourth-order valence-electron chi connectivity index (χ4n) is 1.06. The Bertz CT molecular complexity index is 529. The van der Waals surface area contributed by atoms with Gasteiger partial charge in [0.1, 0.15) is 15.7 Å². The van der Waals surface area contributed by atoms with Gasteiger partial charge >= 0.3 is 5.97 Å². The van der Waals surface area contributed by atoms with Crippen molar-refractivity contribution in [3.63, 3.8) is 0 Å². The summed E-state index contributed by atoms with van der Waals surface area (Å²) in [5.74, 6) is -1.49. The molecule has 0 spiro atoms. The van der Waals surface area contributed by atoms with E-state index in [2.05, 4.69) is 4.98 Å². The minimum Gasteiger partial charge on any atom is -0.480 e. The minimum atomic E-state index is -1.99. The SMILES string of the molecule is COc1nc(C(Cl)(Cl)Cl)c(Cl)c(OC(=O)C(Cl)Cl)c1Cl. The van der Waals surface area contributed by atoms with Gasteiger partial charge in [0.25, 0.3) is 0 Å². The summed E-state index contributed by atoms with van der Waals surface area (Å²) in [6, 6.07) is 0. The van der Waals surface area contributed by atoms with E-state index in [-0.39, 0.29) is 27.4 Å². The zero-order valence-corrected chi connectivity index (χ0v) is 14.7. The molecule has 0 amide bonds. The highest BCUT2D eigenvalue weighted by molar-refractivity contribution is 6.67. The summed E-state index contributed by atoms with van der Waals surface area (Å²) >= 11 is 39.7. The minimum absolute atomic E-state index is 0.152. The number of alkyl halides is 5. The van der Waals surface area contributed by atoms with E-state index in [4.69, 9.17) is 90.7 Å². The summed E-state index contributed by atoms with van der Waals surface area (Å²) in [6.45, 7) is 0. The Morgan fingerprint density at radius 3 is 2.15 bits per heavy atom. The summed E-state index contributed by atoms with van der Waals surface area (Å²) < 4.78 is 7.75. The first-order chi connectivity index (χ1) is 9.09. The third kappa shape index (κ3) is 4.23. The average molecular weight is 422 g/mol. The molecule has 0 saturated carbocycles. The third-order valence-electron chi connectivity index (χ3n) is 1.85. The first kappa shape index (κ1) is 18.5. The maximum Gasteiger partial charge on any atom is 0.344 e. The van der Waals surface area contributed by atoms with Gasteiger partial charge in [0, 0.05) is 0 Å². The van der Waals surface area contributed by atoms with E-state index in [0.717, 1.165) is 0 Å². The molecule has 0 aliphatic rings. The van der Waals surface area contributed by atoms with Crippen molar-refractivity contribution in [2.75, 3.05) is 7.11 Å². The smallest absolute Gasteiger partial charge is 0.344 e. The van der Waals surface area contributed by atoms with Crippen molar-refractivity contribution in [1.29, 1.82) is 0 Å². The number of aromatic nitrogens is 1. The van der Waals surface area contributed by atoms with Gasteiger partial charge in [-0.2, -0.15) is 0 Å². The molecule has 1 aromatic rings. The van der Waals surface area contributed by atoms with Gasteiger partial charge in [-0.15, -0.1) is 0 Å². The van der Waals surface area contributed by atoms with Crippen molar-refractivity contribution in [3.05, 3.63) is 15.7 Å². The molecule has 0 saturated heterocycles. The lowest BCUT2D eigenvalue weighted by Crippen LogP contribution is -2.17. The molecular weight excluding hydrogens is 418 g/mol. The number of esters is 1. The molecule has 1 aromatic heterocycles. The molecule has 0 bridgehead atoms. The van der Waals surface area contributed by atoms with Crippen LogP contribution < -0.4 is 9.47 Å². The molecule has 11 heteroatoms. The quantitative estimate of drug-likeness (QED) is 0.512. The van der Waals surface area contributed by atoms with E-state index in [9.17, 15) is 4.79 Å². The lowest BCUT2D eigenvalue weighted by molar-refractivity contribution is -0.132. The highest BCUT2D eigenvalue weighted by Crippen LogP contribution is 2.48. The monoisotopic (exact) mass is 419 g/mol. The molecule has 0 radical (unpaired) electrons. The first-order valence-corrected chi connectivity index (χ1v) is 7.35. The van der Waals surface area contributed by atoms with E-state index in [1.54, 1.807) is 0 Å². The summed E-state index contributed by atoms with van der Waals surface area (Å²) in [5, 5.41) is -0.476. The normalized spacial score (nSPS) is 11.7. The van der Waals surface area contributed by atoms with Gasteiger partial charge in [0.05, 0.1) is 7.11 Å². The van der Waals surface area contributed by atoms with E-state index in [0.29, 0.717) is 0 Å². The summed E-state index contributed by atoms with van der Waals surface area (Å²) in [6.07, 6.45) is 0. The molecule has 0 fully saturated rings. The lowest BCUT2D eigenvalue weighted by Gasteiger charge is -2.17. The third-order valence-corrected chi connectivity index (χ3v) is 3.43. The van der Waals surface area contributed by atoms with E-state index in [1.165, 1.54) is 7.11 Å². The first-order valence-electron chi connectivity index (χ1n) is 4.59. The van der Waals surface area contributed by atoms with Gasteiger partial charge in [-0.1, -0.05) is 81.2 Å². The van der Waals surface area contributed by atoms with Crippen LogP contribution >= 0.6 is 81.2 Å². The number of rotatable bonds is 3. The van der Waals surface area contributed by atoms with Crippen LogP contribution in [-0.2, 0) is 8.59 Å². The van der Waals surface area contributed by atoms with Crippen LogP contribution in [0.4, 0.5) is 0 Å². The van der Waals surface area contributed by atoms with Crippen molar-refractivity contribution < 1.29 is 14.3 Å². The Morgan fingerprint density at radius 2 is 1.75 bits per heavy atom. The van der Waals surface area contributed by atoms with Gasteiger partial charge < -0.3 is 9.47 Å². The van der Waals surface area contributed by atoms with Crippen molar-refractivity contribution >= 4 is 87.2 Å². The van der Waals surface area contributed by atoms with Crippen LogP contribution in [0.1, 0.15) is 5.69 Å². The molecule has 0 atom stereocenters. The molecule has 1 rings (SSSR count). The van der Waals surface area contributed by atoms with Crippen molar-refractivity contribution in [2.45, 2.75) is 8.63 Å². The van der Waals surface area contributed by atoms with E-state index < -0.39 is 14.6 Å². The molecule has 112 valence electrons. The van der Waals surface area contributed by atoms with Crippen LogP contribution in [0.3, 0.4) is 0 Å². The van der Waals surface area contributed by atoms with Crippen molar-refractivity contribution in [2.24, 2.45) is 0 Å². The molecule has 20 heavy (non-hydrogen) atoms. The number of hydrogen-bond acceptors (Lipinski definition) is 4. The Balaban J connectivity index is 3.45. The number of carbonyl (C=O) groups excluding carboxylic acids is 1. The van der Waals surface area contributed by atoms with Gasteiger partial charge in [-0.3, -0.25) is 0 Å². The van der Waals surface area contributed by atoms with Crippen molar-refractivity contribution in [3.8, 4) is 11.6 Å². The van der Waals surface area contributed by atoms with Crippen molar-refractivity contribution in [1.82, 2.24) is 4.98 Å². The highest BCUT2D eigenvalue weighted by atomic mass is 35.6. The van der Waals surface area contributed by atoms with Crippen LogP contribution in [0.5, 0.6) is 11.6 Å². The zero-order valence-electron chi connectivity index (χ0n) is 9.40. The molecule has 0 N–H and O–H groups in total. The predicted molar refractivity (Wildman–Crippen MR) is 81.2 cm³/mol. The largest absolute Gasteiger partial charge is 0.480 e. The van der Waals surface area contributed by atoms with Crippen LogP contribution in [0.15, 0.2) is 0 Å². The predicted octanol–water partition coefficient (Wildman–Crippen LogP) is 4.93. The summed E-state index contributed by atoms with van der Waals surface area (Å²) in [5.41, 5.74) is -0.228. The lowest BCUT2D eigenvalue weighted by atomic mass is 10.3. The van der Waals surface area contributed by atoms with Gasteiger partial charge in [0.15, 0.2) is 5.75 Å².